The van der Waals surface area contributed by atoms with Gasteiger partial charge in [0.25, 0.3) is 0 Å². The molecule has 0 amide bonds. The Labute approximate surface area is 137 Å². The molecule has 0 radical (unpaired) electrons. The van der Waals surface area contributed by atoms with Gasteiger partial charge >= 0.3 is 0 Å². The largest absolute Gasteiger partial charge is 1.00 e. The first kappa shape index (κ1) is 16.2. The molecule has 0 fully saturated rings. The number of anilines is 1. The molecule has 22 heavy (non-hydrogen) atoms. The van der Waals surface area contributed by atoms with Crippen LogP contribution in [0.5, 0.6) is 0 Å². The normalized spacial score (nSPS) is 10.3. The van der Waals surface area contributed by atoms with Crippen LogP contribution in [0.15, 0.2) is 54.6 Å². The van der Waals surface area contributed by atoms with Gasteiger partial charge in [-0.1, -0.05) is 42.5 Å². The minimum atomic E-state index is 0. The van der Waals surface area contributed by atoms with E-state index >= 15 is 0 Å². The molecule has 1 heterocycles. The van der Waals surface area contributed by atoms with Crippen molar-refractivity contribution >= 4 is 16.7 Å². The molecule has 0 aliphatic heterocycles. The SMILES string of the molecule is CCN(CC)c1nc(-c2ccccc2)nc2ccccc12.[Cl-]. The Kier molecular flexibility index (Phi) is 5.34. The molecular formula is C18H19ClN3-. The van der Waals surface area contributed by atoms with Crippen LogP contribution in [0, 0.1) is 0 Å². The zero-order valence-electron chi connectivity index (χ0n) is 12.8. The molecule has 0 aliphatic carbocycles. The number of hydrogen-bond donors (Lipinski definition) is 0. The van der Waals surface area contributed by atoms with Gasteiger partial charge < -0.3 is 17.3 Å². The van der Waals surface area contributed by atoms with E-state index in [0.717, 1.165) is 41.2 Å². The Morgan fingerprint density at radius 1 is 0.818 bits per heavy atom. The minimum Gasteiger partial charge on any atom is -1.00 e. The summed E-state index contributed by atoms with van der Waals surface area (Å²) in [4.78, 5) is 11.8. The molecule has 1 aromatic heterocycles. The van der Waals surface area contributed by atoms with Crippen LogP contribution in [0.25, 0.3) is 22.3 Å². The average molecular weight is 313 g/mol. The lowest BCUT2D eigenvalue weighted by Crippen LogP contribution is -3.00. The third-order valence-corrected chi connectivity index (χ3v) is 3.68. The molecule has 114 valence electrons. The van der Waals surface area contributed by atoms with Gasteiger partial charge in [-0.25, -0.2) is 9.97 Å². The standard InChI is InChI=1S/C18H19N3.ClH/c1-3-21(4-2)18-15-12-8-9-13-16(15)19-17(20-18)14-10-6-5-7-11-14;/h5-13H,3-4H2,1-2H3;1H/p-1. The Morgan fingerprint density at radius 3 is 2.14 bits per heavy atom. The zero-order valence-corrected chi connectivity index (χ0v) is 13.6. The maximum Gasteiger partial charge on any atom is 0.162 e. The molecule has 3 aromatic rings. The molecule has 4 heteroatoms. The van der Waals surface area contributed by atoms with Crippen LogP contribution in [0.1, 0.15) is 13.8 Å². The highest BCUT2D eigenvalue weighted by Gasteiger charge is 2.12. The number of fused-ring (bicyclic) bond motifs is 1. The van der Waals surface area contributed by atoms with E-state index in [1.54, 1.807) is 0 Å². The van der Waals surface area contributed by atoms with Gasteiger partial charge in [-0.2, -0.15) is 0 Å². The minimum absolute atomic E-state index is 0. The maximum atomic E-state index is 4.83. The zero-order chi connectivity index (χ0) is 14.7. The monoisotopic (exact) mass is 312 g/mol. The van der Waals surface area contributed by atoms with Gasteiger partial charge in [0.2, 0.25) is 0 Å². The van der Waals surface area contributed by atoms with Gasteiger partial charge in [0.1, 0.15) is 5.82 Å². The van der Waals surface area contributed by atoms with Crippen molar-refractivity contribution in [1.82, 2.24) is 9.97 Å². The number of benzene rings is 2. The van der Waals surface area contributed by atoms with E-state index in [2.05, 4.69) is 43.0 Å². The number of nitrogens with zero attached hydrogens (tertiary/aromatic N) is 3. The molecule has 0 saturated carbocycles. The molecule has 0 atom stereocenters. The fraction of sp³-hybridized carbons (Fsp3) is 0.222. The van der Waals surface area contributed by atoms with Crippen molar-refractivity contribution in [3.8, 4) is 11.4 Å². The summed E-state index contributed by atoms with van der Waals surface area (Å²) in [7, 11) is 0. The van der Waals surface area contributed by atoms with Crippen LogP contribution in [-0.4, -0.2) is 23.1 Å². The van der Waals surface area contributed by atoms with Gasteiger partial charge in [-0.3, -0.25) is 0 Å². The average Bonchev–Trinajstić information content (AvgIpc) is 2.56. The van der Waals surface area contributed by atoms with Crippen LogP contribution in [-0.2, 0) is 0 Å². The van der Waals surface area contributed by atoms with Gasteiger partial charge in [0.15, 0.2) is 5.82 Å². The number of hydrogen-bond acceptors (Lipinski definition) is 3. The summed E-state index contributed by atoms with van der Waals surface area (Å²) in [5.41, 5.74) is 2.05. The first-order valence-corrected chi connectivity index (χ1v) is 7.40. The van der Waals surface area contributed by atoms with Crippen molar-refractivity contribution in [1.29, 1.82) is 0 Å². The van der Waals surface area contributed by atoms with E-state index in [-0.39, 0.29) is 12.4 Å². The Balaban J connectivity index is 0.00000176. The van der Waals surface area contributed by atoms with Crippen LogP contribution >= 0.6 is 0 Å². The second-order valence-corrected chi connectivity index (χ2v) is 4.93. The maximum absolute atomic E-state index is 4.83. The second-order valence-electron chi connectivity index (χ2n) is 4.93. The van der Waals surface area contributed by atoms with Gasteiger partial charge in [-0.15, -0.1) is 0 Å². The van der Waals surface area contributed by atoms with Crippen molar-refractivity contribution in [3.63, 3.8) is 0 Å². The Bertz CT molecular complexity index is 740. The van der Waals surface area contributed by atoms with Crippen LogP contribution in [0.3, 0.4) is 0 Å². The fourth-order valence-electron chi connectivity index (χ4n) is 2.54. The molecule has 0 spiro atoms. The Hall–Kier alpha value is -2.13. The molecule has 2 aromatic carbocycles. The molecule has 0 saturated heterocycles. The first-order chi connectivity index (χ1) is 10.3. The highest BCUT2D eigenvalue weighted by atomic mass is 35.5. The van der Waals surface area contributed by atoms with Gasteiger partial charge in [-0.05, 0) is 26.0 Å². The quantitative estimate of drug-likeness (QED) is 0.723. The van der Waals surface area contributed by atoms with Gasteiger partial charge in [0, 0.05) is 24.0 Å². The van der Waals surface area contributed by atoms with Crippen molar-refractivity contribution in [3.05, 3.63) is 54.6 Å². The highest BCUT2D eigenvalue weighted by Crippen LogP contribution is 2.27. The lowest BCUT2D eigenvalue weighted by Gasteiger charge is -2.22. The topological polar surface area (TPSA) is 29.0 Å². The number of rotatable bonds is 4. The van der Waals surface area contributed by atoms with Crippen molar-refractivity contribution in [2.45, 2.75) is 13.8 Å². The van der Waals surface area contributed by atoms with Crippen LogP contribution in [0.2, 0.25) is 0 Å². The predicted octanol–water partition coefficient (Wildman–Crippen LogP) is 1.15. The van der Waals surface area contributed by atoms with E-state index in [9.17, 15) is 0 Å². The summed E-state index contributed by atoms with van der Waals surface area (Å²) in [6, 6.07) is 18.4. The second kappa shape index (κ2) is 7.23. The van der Waals surface area contributed by atoms with E-state index in [1.807, 2.05) is 30.3 Å². The van der Waals surface area contributed by atoms with E-state index in [0.29, 0.717) is 0 Å². The summed E-state index contributed by atoms with van der Waals surface area (Å²) >= 11 is 0. The van der Waals surface area contributed by atoms with Crippen LogP contribution < -0.4 is 17.3 Å². The molecule has 0 aliphatic rings. The van der Waals surface area contributed by atoms with Gasteiger partial charge in [0.05, 0.1) is 5.52 Å². The summed E-state index contributed by atoms with van der Waals surface area (Å²) in [5.74, 6) is 1.81. The molecule has 3 rings (SSSR count). The molecule has 0 N–H and O–H groups in total. The highest BCUT2D eigenvalue weighted by molar-refractivity contribution is 5.91. The van der Waals surface area contributed by atoms with Crippen LogP contribution in [0.4, 0.5) is 5.82 Å². The number of para-hydroxylation sites is 1. The number of aromatic nitrogens is 2. The summed E-state index contributed by atoms with van der Waals surface area (Å²) in [5, 5.41) is 1.11. The molecular weight excluding hydrogens is 294 g/mol. The Morgan fingerprint density at radius 2 is 1.45 bits per heavy atom. The van der Waals surface area contributed by atoms with Crippen molar-refractivity contribution < 1.29 is 12.4 Å². The third kappa shape index (κ3) is 3.04. The van der Waals surface area contributed by atoms with E-state index < -0.39 is 0 Å². The van der Waals surface area contributed by atoms with E-state index in [1.165, 1.54) is 0 Å². The lowest BCUT2D eigenvalue weighted by atomic mass is 10.1. The predicted molar refractivity (Wildman–Crippen MR) is 88.5 cm³/mol. The molecule has 3 nitrogen and oxygen atoms in total. The fourth-order valence-corrected chi connectivity index (χ4v) is 2.54. The molecule has 0 unspecified atom stereocenters. The van der Waals surface area contributed by atoms with Crippen molar-refractivity contribution in [2.75, 3.05) is 18.0 Å². The summed E-state index contributed by atoms with van der Waals surface area (Å²) in [6.07, 6.45) is 0. The summed E-state index contributed by atoms with van der Waals surface area (Å²) in [6.45, 7) is 6.18. The molecule has 0 bridgehead atoms. The van der Waals surface area contributed by atoms with Crippen molar-refractivity contribution in [2.24, 2.45) is 0 Å². The first-order valence-electron chi connectivity index (χ1n) is 7.40. The lowest BCUT2D eigenvalue weighted by molar-refractivity contribution is -0.00000439. The number of halogens is 1. The third-order valence-electron chi connectivity index (χ3n) is 3.68. The van der Waals surface area contributed by atoms with E-state index in [4.69, 9.17) is 9.97 Å². The smallest absolute Gasteiger partial charge is 0.162 e. The summed E-state index contributed by atoms with van der Waals surface area (Å²) < 4.78 is 0.